The van der Waals surface area contributed by atoms with Gasteiger partial charge in [-0.1, -0.05) is 0 Å². The van der Waals surface area contributed by atoms with Crippen LogP contribution in [0.2, 0.25) is 0 Å². The molecule has 0 fully saturated rings. The normalized spacial score (nSPS) is 20.1. The monoisotopic (exact) mass is 206 g/mol. The number of methoxy groups -OCH3 is 1. The van der Waals surface area contributed by atoms with Crippen molar-refractivity contribution in [3.63, 3.8) is 0 Å². The summed E-state index contributed by atoms with van der Waals surface area (Å²) in [4.78, 5) is 13.2. The number of hydrogen-bond acceptors (Lipinski definition) is 3. The third-order valence-corrected chi connectivity index (χ3v) is 2.74. The number of nitrogens with two attached hydrogens (primary N) is 1. The highest BCUT2D eigenvalue weighted by atomic mass is 16.5. The summed E-state index contributed by atoms with van der Waals surface area (Å²) in [6, 6.07) is 5.23. The summed E-state index contributed by atoms with van der Waals surface area (Å²) in [5.41, 5.74) is 7.72. The number of benzene rings is 1. The van der Waals surface area contributed by atoms with Crippen molar-refractivity contribution in [2.24, 2.45) is 5.73 Å². The van der Waals surface area contributed by atoms with Crippen LogP contribution in [0.5, 0.6) is 5.75 Å². The maximum absolute atomic E-state index is 11.6. The minimum absolute atomic E-state index is 0.0346. The second-order valence-electron chi connectivity index (χ2n) is 3.70. The van der Waals surface area contributed by atoms with E-state index in [0.29, 0.717) is 6.42 Å². The zero-order valence-corrected chi connectivity index (χ0v) is 8.86. The van der Waals surface area contributed by atoms with E-state index in [9.17, 15) is 4.79 Å². The van der Waals surface area contributed by atoms with Gasteiger partial charge in [-0.05, 0) is 30.2 Å². The number of amides is 1. The van der Waals surface area contributed by atoms with Crippen LogP contribution in [0.15, 0.2) is 18.2 Å². The van der Waals surface area contributed by atoms with Crippen molar-refractivity contribution in [1.29, 1.82) is 0 Å². The van der Waals surface area contributed by atoms with E-state index < -0.39 is 6.04 Å². The van der Waals surface area contributed by atoms with Gasteiger partial charge in [0.1, 0.15) is 5.75 Å². The molecule has 1 aliphatic rings. The predicted octanol–water partition coefficient (Wildman–Crippen LogP) is 0.541. The molecule has 0 radical (unpaired) electrons. The number of nitrogens with zero attached hydrogens (tertiary/aromatic N) is 1. The van der Waals surface area contributed by atoms with Gasteiger partial charge in [-0.3, -0.25) is 4.79 Å². The van der Waals surface area contributed by atoms with Gasteiger partial charge in [0.05, 0.1) is 13.2 Å². The number of ether oxygens (including phenoxy) is 1. The maximum atomic E-state index is 11.6. The van der Waals surface area contributed by atoms with Crippen LogP contribution in [0.25, 0.3) is 0 Å². The molecule has 1 atom stereocenters. The molecule has 0 saturated carbocycles. The first-order chi connectivity index (χ1) is 7.13. The van der Waals surface area contributed by atoms with Gasteiger partial charge in [-0.15, -0.1) is 0 Å². The minimum Gasteiger partial charge on any atom is -0.497 e. The second-order valence-corrected chi connectivity index (χ2v) is 3.70. The summed E-state index contributed by atoms with van der Waals surface area (Å²) in [5, 5.41) is 0. The molecule has 2 rings (SSSR count). The number of anilines is 1. The van der Waals surface area contributed by atoms with Gasteiger partial charge in [0, 0.05) is 12.7 Å². The lowest BCUT2D eigenvalue weighted by Gasteiger charge is -2.29. The molecular formula is C11H14N2O2. The lowest BCUT2D eigenvalue weighted by Crippen LogP contribution is -2.46. The highest BCUT2D eigenvalue weighted by molar-refractivity contribution is 5.99. The van der Waals surface area contributed by atoms with Gasteiger partial charge in [-0.25, -0.2) is 0 Å². The van der Waals surface area contributed by atoms with Gasteiger partial charge in [0.15, 0.2) is 0 Å². The van der Waals surface area contributed by atoms with Gasteiger partial charge >= 0.3 is 0 Å². The van der Waals surface area contributed by atoms with E-state index in [-0.39, 0.29) is 5.91 Å². The Labute approximate surface area is 88.6 Å². The average Bonchev–Trinajstić information content (AvgIpc) is 2.25. The SMILES string of the molecule is COc1ccc2c(c1)CC(N)C(=O)N2C. The topological polar surface area (TPSA) is 55.6 Å². The van der Waals surface area contributed by atoms with Gasteiger partial charge < -0.3 is 15.4 Å². The highest BCUT2D eigenvalue weighted by Crippen LogP contribution is 2.29. The third kappa shape index (κ3) is 1.57. The van der Waals surface area contributed by atoms with Crippen LogP contribution in [-0.2, 0) is 11.2 Å². The molecule has 1 aromatic rings. The van der Waals surface area contributed by atoms with Crippen molar-refractivity contribution in [2.75, 3.05) is 19.1 Å². The van der Waals surface area contributed by atoms with Crippen LogP contribution in [0.4, 0.5) is 5.69 Å². The van der Waals surface area contributed by atoms with Crippen LogP contribution in [0.1, 0.15) is 5.56 Å². The summed E-state index contributed by atoms with van der Waals surface area (Å²) in [6.45, 7) is 0. The summed E-state index contributed by atoms with van der Waals surface area (Å²) < 4.78 is 5.13. The molecule has 1 aliphatic heterocycles. The van der Waals surface area contributed by atoms with Crippen molar-refractivity contribution < 1.29 is 9.53 Å². The Hall–Kier alpha value is -1.55. The highest BCUT2D eigenvalue weighted by Gasteiger charge is 2.27. The van der Waals surface area contributed by atoms with Crippen LogP contribution < -0.4 is 15.4 Å². The van der Waals surface area contributed by atoms with Crippen molar-refractivity contribution in [3.05, 3.63) is 23.8 Å². The standard InChI is InChI=1S/C11H14N2O2/c1-13-10-4-3-8(15-2)5-7(10)6-9(12)11(13)14/h3-5,9H,6,12H2,1-2H3. The summed E-state index contributed by atoms with van der Waals surface area (Å²) in [5.74, 6) is 0.761. The molecule has 4 heteroatoms. The molecule has 4 nitrogen and oxygen atoms in total. The van der Waals surface area contributed by atoms with E-state index in [1.807, 2.05) is 18.2 Å². The number of rotatable bonds is 1. The first-order valence-electron chi connectivity index (χ1n) is 4.83. The Bertz CT molecular complexity index is 404. The first-order valence-corrected chi connectivity index (χ1v) is 4.83. The molecular weight excluding hydrogens is 192 g/mol. The molecule has 15 heavy (non-hydrogen) atoms. The van der Waals surface area contributed by atoms with Crippen molar-refractivity contribution in [1.82, 2.24) is 0 Å². The number of carbonyl (C=O) groups is 1. The van der Waals surface area contributed by atoms with Crippen molar-refractivity contribution >= 4 is 11.6 Å². The number of carbonyl (C=O) groups excluding carboxylic acids is 1. The van der Waals surface area contributed by atoms with E-state index >= 15 is 0 Å². The molecule has 0 bridgehead atoms. The molecule has 1 amide bonds. The largest absolute Gasteiger partial charge is 0.497 e. The molecule has 0 aromatic heterocycles. The fourth-order valence-electron chi connectivity index (χ4n) is 1.87. The Balaban J connectivity index is 2.45. The Morgan fingerprint density at radius 2 is 2.27 bits per heavy atom. The number of hydrogen-bond donors (Lipinski definition) is 1. The predicted molar refractivity (Wildman–Crippen MR) is 58.1 cm³/mol. The summed E-state index contributed by atoms with van der Waals surface area (Å²) >= 11 is 0. The van der Waals surface area contributed by atoms with E-state index in [0.717, 1.165) is 17.0 Å². The lowest BCUT2D eigenvalue weighted by atomic mass is 9.98. The summed E-state index contributed by atoms with van der Waals surface area (Å²) in [7, 11) is 3.37. The minimum atomic E-state index is -0.436. The Morgan fingerprint density at radius 1 is 1.53 bits per heavy atom. The van der Waals surface area contributed by atoms with Gasteiger partial charge in [0.25, 0.3) is 0 Å². The Morgan fingerprint density at radius 3 is 2.93 bits per heavy atom. The molecule has 0 saturated heterocycles. The quantitative estimate of drug-likeness (QED) is 0.729. The fourth-order valence-corrected chi connectivity index (χ4v) is 1.87. The Kier molecular flexibility index (Phi) is 2.36. The van der Waals surface area contributed by atoms with E-state index in [1.165, 1.54) is 0 Å². The lowest BCUT2D eigenvalue weighted by molar-refractivity contribution is -0.119. The van der Waals surface area contributed by atoms with Crippen LogP contribution in [0, 0.1) is 0 Å². The second kappa shape index (κ2) is 3.55. The van der Waals surface area contributed by atoms with E-state index in [2.05, 4.69) is 0 Å². The van der Waals surface area contributed by atoms with Crippen LogP contribution >= 0.6 is 0 Å². The maximum Gasteiger partial charge on any atom is 0.243 e. The molecule has 1 heterocycles. The zero-order valence-electron chi connectivity index (χ0n) is 8.86. The molecule has 1 aromatic carbocycles. The van der Waals surface area contributed by atoms with Gasteiger partial charge in [0.2, 0.25) is 5.91 Å². The molecule has 1 unspecified atom stereocenters. The van der Waals surface area contributed by atoms with Gasteiger partial charge in [-0.2, -0.15) is 0 Å². The average molecular weight is 206 g/mol. The van der Waals surface area contributed by atoms with Crippen LogP contribution in [0.3, 0.4) is 0 Å². The van der Waals surface area contributed by atoms with Crippen LogP contribution in [-0.4, -0.2) is 26.1 Å². The third-order valence-electron chi connectivity index (χ3n) is 2.74. The first kappa shape index (κ1) is 9.98. The van der Waals surface area contributed by atoms with Crippen molar-refractivity contribution in [2.45, 2.75) is 12.5 Å². The molecule has 0 aliphatic carbocycles. The fraction of sp³-hybridized carbons (Fsp3) is 0.364. The summed E-state index contributed by atoms with van der Waals surface area (Å²) in [6.07, 6.45) is 0.579. The van der Waals surface area contributed by atoms with E-state index in [4.69, 9.17) is 10.5 Å². The molecule has 80 valence electrons. The number of fused-ring (bicyclic) bond motifs is 1. The molecule has 2 N–H and O–H groups in total. The van der Waals surface area contributed by atoms with Crippen molar-refractivity contribution in [3.8, 4) is 5.75 Å². The molecule has 0 spiro atoms. The zero-order chi connectivity index (χ0) is 11.0. The smallest absolute Gasteiger partial charge is 0.243 e. The van der Waals surface area contributed by atoms with E-state index in [1.54, 1.807) is 19.1 Å². The number of likely N-dealkylation sites (N-methyl/N-ethyl adjacent to an activating group) is 1.